The lowest BCUT2D eigenvalue weighted by Crippen LogP contribution is -1.97. The van der Waals surface area contributed by atoms with Crippen LogP contribution in [0.3, 0.4) is 0 Å². The molecular formula is C91H172N16O3S. The Hall–Kier alpha value is -6.83. The number of aromatic nitrogens is 16. The molecule has 20 heteroatoms. The fourth-order valence-electron chi connectivity index (χ4n) is 11.2. The van der Waals surface area contributed by atoms with Crippen molar-refractivity contribution >= 4 is 11.7 Å². The molecule has 0 spiro atoms. The number of hydrogen-bond donors (Lipinski definition) is 5. The standard InChI is InChI=1S/2C10H17NO.5C9H16N2.C8H14N2O.C8H14N2S.5C2H6/c1-6(2)9-8(5)12-11-10(9)7(3)4;1-6(2)9-8(5)11-12-10(9)7(3)4;1-6(2)8-9(7(3)4)11-5-10-8;4*1-6(2)8-5-10-11-9(8)7(3)4;2*1-5(2)7-8(6(3)4)10-11-9-7;5*1-2/h2*6-7H,1-5H3;5*5-7H,1-4H3,(H,10,11);2*5-6H,1-4H3;5*1-2H3. The summed E-state index contributed by atoms with van der Waals surface area (Å²) in [5, 5.41) is 44.1. The second kappa shape index (κ2) is 61.7. The quantitative estimate of drug-likeness (QED) is 0.0535. The third-order valence-corrected chi connectivity index (χ3v) is 17.3. The summed E-state index contributed by atoms with van der Waals surface area (Å²) in [7, 11) is 0. The van der Waals surface area contributed by atoms with E-state index in [0.717, 1.165) is 34.3 Å². The predicted molar refractivity (Wildman–Crippen MR) is 480 cm³/mol. The Bertz CT molecular complexity index is 2870. The lowest BCUT2D eigenvalue weighted by atomic mass is 9.96. The molecule has 9 rings (SSSR count). The maximum absolute atomic E-state index is 5.27. The minimum absolute atomic E-state index is 0.402. The van der Waals surface area contributed by atoms with Crippen molar-refractivity contribution in [3.05, 3.63) is 144 Å². The average molecular weight is 1570 g/mol. The Labute approximate surface area is 684 Å². The Morgan fingerprint density at radius 3 is 0.748 bits per heavy atom. The van der Waals surface area contributed by atoms with Gasteiger partial charge in [-0.1, -0.05) is 339 Å². The molecule has 0 saturated heterocycles. The predicted octanol–water partition coefficient (Wildman–Crippen LogP) is 30.0. The maximum Gasteiger partial charge on any atom is 0.142 e. The van der Waals surface area contributed by atoms with Crippen LogP contribution in [0, 0.1) is 13.8 Å². The number of rotatable bonds is 18. The van der Waals surface area contributed by atoms with Gasteiger partial charge in [-0.15, -0.1) is 0 Å². The molecule has 0 aliphatic heterocycles. The number of hydrogen-bond acceptors (Lipinski definition) is 15. The smallest absolute Gasteiger partial charge is 0.142 e. The summed E-state index contributed by atoms with van der Waals surface area (Å²) in [6.45, 7) is 102. The monoisotopic (exact) mass is 1570 g/mol. The fraction of sp³-hybridized carbons (Fsp3) is 0.725. The number of nitrogens with one attached hydrogen (secondary N) is 5. The molecule has 5 N–H and O–H groups in total. The van der Waals surface area contributed by atoms with E-state index in [1.165, 1.54) is 90.7 Å². The van der Waals surface area contributed by atoms with Crippen LogP contribution in [0.4, 0.5) is 0 Å². The van der Waals surface area contributed by atoms with Crippen molar-refractivity contribution in [3.8, 4) is 0 Å². The third kappa shape index (κ3) is 40.7. The molecule has 0 fully saturated rings. The van der Waals surface area contributed by atoms with Crippen molar-refractivity contribution in [1.29, 1.82) is 0 Å². The number of H-pyrrole nitrogens is 5. The van der Waals surface area contributed by atoms with E-state index < -0.39 is 0 Å². The van der Waals surface area contributed by atoms with Crippen LogP contribution in [0.15, 0.2) is 44.8 Å². The lowest BCUT2D eigenvalue weighted by molar-refractivity contribution is 0.298. The summed E-state index contributed by atoms with van der Waals surface area (Å²) in [6.07, 6.45) is 9.50. The fourth-order valence-corrected chi connectivity index (χ4v) is 12.0. The van der Waals surface area contributed by atoms with E-state index in [2.05, 4.69) is 334 Å². The molecule has 0 aromatic carbocycles. The molecule has 111 heavy (non-hydrogen) atoms. The van der Waals surface area contributed by atoms with Crippen molar-refractivity contribution in [2.45, 2.75) is 439 Å². The van der Waals surface area contributed by atoms with Gasteiger partial charge in [0.25, 0.3) is 0 Å². The highest BCUT2D eigenvalue weighted by Crippen LogP contribution is 2.32. The van der Waals surface area contributed by atoms with Crippen LogP contribution >= 0.6 is 11.7 Å². The molecule has 0 unspecified atom stereocenters. The minimum Gasteiger partial charge on any atom is -0.361 e. The normalized spacial score (nSPS) is 10.7. The number of nitrogens with zero attached hydrogens (tertiary/aromatic N) is 11. The molecule has 9 aromatic heterocycles. The zero-order valence-electron chi connectivity index (χ0n) is 80.3. The van der Waals surface area contributed by atoms with Gasteiger partial charge in [0.2, 0.25) is 0 Å². The van der Waals surface area contributed by atoms with E-state index in [1.54, 1.807) is 6.33 Å². The molecule has 9 heterocycles. The van der Waals surface area contributed by atoms with Gasteiger partial charge in [-0.3, -0.25) is 20.4 Å². The third-order valence-electron chi connectivity index (χ3n) is 16.8. The first-order valence-electron chi connectivity index (χ1n) is 42.7. The number of imidazole rings is 1. The summed E-state index contributed by atoms with van der Waals surface area (Å²) in [4.78, 5) is 7.46. The Balaban J connectivity index is -0.000000374. The van der Waals surface area contributed by atoms with Crippen molar-refractivity contribution in [2.75, 3.05) is 0 Å². The molecule has 0 atom stereocenters. The number of aryl methyl sites for hydroxylation is 2. The average Bonchev–Trinajstić information content (AvgIpc) is 1.69. The Kier molecular flexibility index (Phi) is 62.6. The van der Waals surface area contributed by atoms with Gasteiger partial charge in [-0.05, 0) is 125 Å². The molecule has 0 radical (unpaired) electrons. The van der Waals surface area contributed by atoms with Crippen LogP contribution in [-0.4, -0.2) is 80.1 Å². The van der Waals surface area contributed by atoms with Crippen molar-refractivity contribution < 1.29 is 13.7 Å². The molecule has 0 aliphatic carbocycles. The Morgan fingerprint density at radius 1 is 0.270 bits per heavy atom. The summed E-state index contributed by atoms with van der Waals surface area (Å²) in [5.41, 5.74) is 22.0. The van der Waals surface area contributed by atoms with E-state index in [9.17, 15) is 0 Å². The van der Waals surface area contributed by atoms with E-state index in [0.29, 0.717) is 107 Å². The maximum atomic E-state index is 5.27. The molecule has 640 valence electrons. The van der Waals surface area contributed by atoms with Crippen molar-refractivity contribution in [2.24, 2.45) is 0 Å². The molecule has 0 saturated carbocycles. The van der Waals surface area contributed by atoms with E-state index in [4.69, 9.17) is 9.05 Å². The van der Waals surface area contributed by atoms with E-state index in [1.807, 2.05) is 108 Å². The van der Waals surface area contributed by atoms with Crippen LogP contribution in [0.1, 0.15) is 538 Å². The van der Waals surface area contributed by atoms with Gasteiger partial charge in [-0.25, -0.2) is 9.61 Å². The lowest BCUT2D eigenvalue weighted by Gasteiger charge is -2.07. The zero-order chi connectivity index (χ0) is 87.6. The highest BCUT2D eigenvalue weighted by molar-refractivity contribution is 6.99. The minimum atomic E-state index is 0.402. The van der Waals surface area contributed by atoms with Gasteiger partial charge in [-0.2, -0.15) is 29.1 Å². The first-order chi connectivity index (χ1) is 52.0. The van der Waals surface area contributed by atoms with Gasteiger partial charge < -0.3 is 14.0 Å². The van der Waals surface area contributed by atoms with Gasteiger partial charge in [0.1, 0.15) is 22.9 Å². The molecule has 0 bridgehead atoms. The summed E-state index contributed by atoms with van der Waals surface area (Å²) >= 11 is 1.32. The van der Waals surface area contributed by atoms with Crippen LogP contribution < -0.4 is 0 Å². The first kappa shape index (κ1) is 113. The molecular weight excluding hydrogens is 1400 g/mol. The Morgan fingerprint density at radius 2 is 0.550 bits per heavy atom. The highest BCUT2D eigenvalue weighted by atomic mass is 32.1. The van der Waals surface area contributed by atoms with Crippen LogP contribution in [-0.2, 0) is 0 Å². The zero-order valence-corrected chi connectivity index (χ0v) is 81.1. The topological polar surface area (TPSA) is 260 Å². The van der Waals surface area contributed by atoms with Crippen LogP contribution in [0.5, 0.6) is 0 Å². The molecule has 0 amide bonds. The summed E-state index contributed by atoms with van der Waals surface area (Å²) in [5.74, 6) is 11.3. The SMILES string of the molecule is CC.CC.CC.CC.CC.CC(C)c1cn[nH]c1C(C)C.CC(C)c1cn[nH]c1C(C)C.CC(C)c1cn[nH]c1C(C)C.CC(C)c1cn[nH]c1C(C)C.CC(C)c1nc[nH]c1C(C)C.CC(C)c1nonc1C(C)C.CC(C)c1nsnc1C(C)C.Cc1noc(C(C)C)c1C(C)C.Cc1onc(C(C)C)c1C(C)C. The first-order valence-corrected chi connectivity index (χ1v) is 43.4. The summed E-state index contributed by atoms with van der Waals surface area (Å²) in [6, 6.07) is 0. The van der Waals surface area contributed by atoms with E-state index >= 15 is 0 Å². The second-order valence-electron chi connectivity index (χ2n) is 32.1. The van der Waals surface area contributed by atoms with E-state index in [-0.39, 0.29) is 0 Å². The van der Waals surface area contributed by atoms with Gasteiger partial charge in [0.05, 0.1) is 71.3 Å². The van der Waals surface area contributed by atoms with Gasteiger partial charge in [0.15, 0.2) is 0 Å². The van der Waals surface area contributed by atoms with Crippen molar-refractivity contribution in [1.82, 2.24) is 80.1 Å². The molecule has 19 nitrogen and oxygen atoms in total. The van der Waals surface area contributed by atoms with Gasteiger partial charge in [0, 0.05) is 57.4 Å². The second-order valence-corrected chi connectivity index (χ2v) is 32.6. The highest BCUT2D eigenvalue weighted by Gasteiger charge is 2.22. The van der Waals surface area contributed by atoms with Crippen molar-refractivity contribution in [3.63, 3.8) is 0 Å². The molecule has 9 aromatic rings. The van der Waals surface area contributed by atoms with Gasteiger partial charge >= 0.3 is 0 Å². The largest absolute Gasteiger partial charge is 0.361 e. The van der Waals surface area contributed by atoms with Crippen LogP contribution in [0.25, 0.3) is 0 Å². The summed E-state index contributed by atoms with van der Waals surface area (Å²) < 4.78 is 23.6. The van der Waals surface area contributed by atoms with Crippen LogP contribution in [0.2, 0.25) is 0 Å². The molecule has 0 aliphatic rings. The number of aromatic amines is 5.